The molecule has 0 saturated heterocycles. The third-order valence-corrected chi connectivity index (χ3v) is 6.32. The molecule has 2 aromatic carbocycles. The molecule has 154 valence electrons. The van der Waals surface area contributed by atoms with Crippen LogP contribution in [-0.4, -0.2) is 43.4 Å². The Labute approximate surface area is 187 Å². The van der Waals surface area contributed by atoms with Crippen molar-refractivity contribution < 1.29 is 4.79 Å². The molecule has 1 atom stereocenters. The highest BCUT2D eigenvalue weighted by Crippen LogP contribution is 2.35. The zero-order valence-corrected chi connectivity index (χ0v) is 18.3. The molecule has 0 fully saturated rings. The fourth-order valence-corrected chi connectivity index (χ4v) is 4.51. The van der Waals surface area contributed by atoms with Gasteiger partial charge in [0.2, 0.25) is 11.1 Å². The number of thioether (sulfide) groups is 1. The number of aryl methyl sites for hydroxylation is 1. The standard InChI is InChI=1S/C20H18Cl2N6OS/c1-28-20(25-26-27-28)30-11-19(29)24-10-15(13-7-6-12(21)8-17(13)22)16-9-23-18-5-3-2-4-14(16)18/h2-9,15,23H,10-11H2,1H3,(H,24,29). The molecule has 2 heterocycles. The Kier molecular flexibility index (Phi) is 6.26. The van der Waals surface area contributed by atoms with Crippen LogP contribution in [0, 0.1) is 0 Å². The summed E-state index contributed by atoms with van der Waals surface area (Å²) in [6, 6.07) is 13.5. The van der Waals surface area contributed by atoms with Gasteiger partial charge >= 0.3 is 0 Å². The van der Waals surface area contributed by atoms with Crippen LogP contribution in [0.4, 0.5) is 0 Å². The van der Waals surface area contributed by atoms with Gasteiger partial charge in [-0.15, -0.1) is 5.10 Å². The number of para-hydroxylation sites is 1. The van der Waals surface area contributed by atoms with Crippen molar-refractivity contribution in [1.82, 2.24) is 30.5 Å². The minimum atomic E-state index is -0.142. The zero-order valence-electron chi connectivity index (χ0n) is 16.0. The van der Waals surface area contributed by atoms with Crippen LogP contribution in [0.5, 0.6) is 0 Å². The van der Waals surface area contributed by atoms with E-state index in [1.165, 1.54) is 16.4 Å². The van der Waals surface area contributed by atoms with Gasteiger partial charge in [-0.1, -0.05) is 59.2 Å². The van der Waals surface area contributed by atoms with E-state index in [-0.39, 0.29) is 17.6 Å². The summed E-state index contributed by atoms with van der Waals surface area (Å²) in [4.78, 5) is 15.8. The molecule has 0 aliphatic rings. The fourth-order valence-electron chi connectivity index (χ4n) is 3.29. The van der Waals surface area contributed by atoms with E-state index in [1.807, 2.05) is 36.5 Å². The summed E-state index contributed by atoms with van der Waals surface area (Å²) in [6.07, 6.45) is 1.96. The van der Waals surface area contributed by atoms with E-state index in [2.05, 4.69) is 31.9 Å². The Morgan fingerprint density at radius 1 is 1.23 bits per heavy atom. The van der Waals surface area contributed by atoms with Crippen molar-refractivity contribution in [2.45, 2.75) is 11.1 Å². The molecule has 2 N–H and O–H groups in total. The van der Waals surface area contributed by atoms with E-state index in [0.29, 0.717) is 21.7 Å². The number of nitrogens with zero attached hydrogens (tertiary/aromatic N) is 4. The number of hydrogen-bond donors (Lipinski definition) is 2. The molecular weight excluding hydrogens is 443 g/mol. The molecule has 7 nitrogen and oxygen atoms in total. The number of benzene rings is 2. The number of aromatic nitrogens is 5. The molecule has 0 saturated carbocycles. The van der Waals surface area contributed by atoms with E-state index in [0.717, 1.165) is 22.0 Å². The quantitative estimate of drug-likeness (QED) is 0.406. The predicted octanol–water partition coefficient (Wildman–Crippen LogP) is 4.04. The largest absolute Gasteiger partial charge is 0.361 e. The van der Waals surface area contributed by atoms with Gasteiger partial charge in [0.05, 0.1) is 5.75 Å². The Morgan fingerprint density at radius 3 is 2.83 bits per heavy atom. The second kappa shape index (κ2) is 9.07. The second-order valence-electron chi connectivity index (χ2n) is 6.69. The van der Waals surface area contributed by atoms with Gasteiger partial charge in [0, 0.05) is 46.7 Å². The summed E-state index contributed by atoms with van der Waals surface area (Å²) in [6.45, 7) is 0.389. The molecule has 0 bridgehead atoms. The van der Waals surface area contributed by atoms with Gasteiger partial charge in [0.25, 0.3) is 0 Å². The summed E-state index contributed by atoms with van der Waals surface area (Å²) in [7, 11) is 1.73. The smallest absolute Gasteiger partial charge is 0.230 e. The van der Waals surface area contributed by atoms with Crippen LogP contribution in [0.1, 0.15) is 17.0 Å². The Bertz CT molecular complexity index is 1190. The number of carbonyl (C=O) groups is 1. The fraction of sp³-hybridized carbons (Fsp3) is 0.200. The van der Waals surface area contributed by atoms with E-state index < -0.39 is 0 Å². The molecule has 30 heavy (non-hydrogen) atoms. The first-order valence-electron chi connectivity index (χ1n) is 9.15. The number of fused-ring (bicyclic) bond motifs is 1. The normalized spacial score (nSPS) is 12.2. The lowest BCUT2D eigenvalue weighted by Crippen LogP contribution is -2.30. The van der Waals surface area contributed by atoms with Crippen molar-refractivity contribution in [3.8, 4) is 0 Å². The summed E-state index contributed by atoms with van der Waals surface area (Å²) in [5, 5.41) is 17.0. The maximum absolute atomic E-state index is 12.5. The number of tetrazole rings is 1. The third kappa shape index (κ3) is 4.45. The second-order valence-corrected chi connectivity index (χ2v) is 8.47. The minimum absolute atomic E-state index is 0.113. The number of hydrogen-bond acceptors (Lipinski definition) is 5. The molecule has 4 rings (SSSR count). The summed E-state index contributed by atoms with van der Waals surface area (Å²) < 4.78 is 1.53. The highest BCUT2D eigenvalue weighted by molar-refractivity contribution is 7.99. The van der Waals surface area contributed by atoms with Gasteiger partial charge in [0.1, 0.15) is 0 Å². The van der Waals surface area contributed by atoms with Crippen LogP contribution in [0.15, 0.2) is 53.8 Å². The Hall–Kier alpha value is -2.55. The monoisotopic (exact) mass is 460 g/mol. The third-order valence-electron chi connectivity index (χ3n) is 4.75. The SMILES string of the molecule is Cn1nnnc1SCC(=O)NCC(c1ccc(Cl)cc1Cl)c1c[nH]c2ccccc12. The minimum Gasteiger partial charge on any atom is -0.361 e. The lowest BCUT2D eigenvalue weighted by atomic mass is 9.90. The first-order valence-corrected chi connectivity index (χ1v) is 10.9. The molecule has 0 spiro atoms. The highest BCUT2D eigenvalue weighted by Gasteiger charge is 2.21. The maximum Gasteiger partial charge on any atom is 0.230 e. The Balaban J connectivity index is 1.56. The van der Waals surface area contributed by atoms with Gasteiger partial charge in [-0.3, -0.25) is 4.79 Å². The van der Waals surface area contributed by atoms with Crippen LogP contribution >= 0.6 is 35.0 Å². The van der Waals surface area contributed by atoms with Gasteiger partial charge < -0.3 is 10.3 Å². The molecule has 10 heteroatoms. The van der Waals surface area contributed by atoms with Crippen LogP contribution in [0.3, 0.4) is 0 Å². The first-order chi connectivity index (χ1) is 14.5. The highest BCUT2D eigenvalue weighted by atomic mass is 35.5. The molecule has 0 aliphatic carbocycles. The first kappa shape index (κ1) is 20.7. The van der Waals surface area contributed by atoms with Crippen molar-refractivity contribution in [1.29, 1.82) is 0 Å². The van der Waals surface area contributed by atoms with Crippen molar-refractivity contribution in [2.75, 3.05) is 12.3 Å². The number of carbonyl (C=O) groups excluding carboxylic acids is 1. The average molecular weight is 461 g/mol. The predicted molar refractivity (Wildman–Crippen MR) is 119 cm³/mol. The Morgan fingerprint density at radius 2 is 2.07 bits per heavy atom. The average Bonchev–Trinajstić information content (AvgIpc) is 3.34. The van der Waals surface area contributed by atoms with E-state index in [1.54, 1.807) is 13.1 Å². The van der Waals surface area contributed by atoms with Crippen LogP contribution in [0.25, 0.3) is 10.9 Å². The molecule has 0 aliphatic heterocycles. The number of halogens is 2. The lowest BCUT2D eigenvalue weighted by Gasteiger charge is -2.19. The van der Waals surface area contributed by atoms with Gasteiger partial charge in [-0.25, -0.2) is 4.68 Å². The van der Waals surface area contributed by atoms with Crippen LogP contribution in [0.2, 0.25) is 10.0 Å². The summed E-state index contributed by atoms with van der Waals surface area (Å²) in [5.41, 5.74) is 2.98. The van der Waals surface area contributed by atoms with Crippen LogP contribution < -0.4 is 5.32 Å². The van der Waals surface area contributed by atoms with Gasteiger partial charge in [0.15, 0.2) is 0 Å². The number of H-pyrrole nitrogens is 1. The summed E-state index contributed by atoms with van der Waals surface area (Å²) >= 11 is 13.9. The number of amides is 1. The van der Waals surface area contributed by atoms with Gasteiger partial charge in [-0.2, -0.15) is 0 Å². The molecular formula is C20H18Cl2N6OS. The van der Waals surface area contributed by atoms with Crippen molar-refractivity contribution in [2.24, 2.45) is 7.05 Å². The maximum atomic E-state index is 12.5. The van der Waals surface area contributed by atoms with E-state index in [9.17, 15) is 4.79 Å². The topological polar surface area (TPSA) is 88.5 Å². The lowest BCUT2D eigenvalue weighted by molar-refractivity contribution is -0.118. The zero-order chi connectivity index (χ0) is 21.1. The number of nitrogens with one attached hydrogen (secondary N) is 2. The number of rotatable bonds is 7. The van der Waals surface area contributed by atoms with E-state index in [4.69, 9.17) is 23.2 Å². The number of aromatic amines is 1. The molecule has 2 aromatic heterocycles. The van der Waals surface area contributed by atoms with Crippen molar-refractivity contribution >= 4 is 51.8 Å². The molecule has 4 aromatic rings. The van der Waals surface area contributed by atoms with Crippen LogP contribution in [-0.2, 0) is 11.8 Å². The summed E-state index contributed by atoms with van der Waals surface area (Å²) in [5.74, 6) is -0.0438. The molecule has 0 radical (unpaired) electrons. The van der Waals surface area contributed by atoms with Crippen molar-refractivity contribution in [3.05, 3.63) is 69.8 Å². The molecule has 1 unspecified atom stereocenters. The van der Waals surface area contributed by atoms with Crippen molar-refractivity contribution in [3.63, 3.8) is 0 Å². The molecule has 1 amide bonds. The van der Waals surface area contributed by atoms with Gasteiger partial charge in [-0.05, 0) is 39.8 Å². The van der Waals surface area contributed by atoms with E-state index >= 15 is 0 Å².